The zero-order chi connectivity index (χ0) is 11.1. The van der Waals surface area contributed by atoms with Gasteiger partial charge in [0.1, 0.15) is 0 Å². The molecule has 0 aromatic heterocycles. The molecule has 0 spiro atoms. The standard InChI is InChI=1S/C12H17NO2/c1-10(14)13-12(9-15-2)8-11-6-4-3-5-7-11/h3-7,12H,8-9H2,1-2H3,(H,13,14)/t12-/m0/s1. The van der Waals surface area contributed by atoms with Crippen molar-refractivity contribution in [3.63, 3.8) is 0 Å². The summed E-state index contributed by atoms with van der Waals surface area (Å²) in [5, 5.41) is 2.87. The molecule has 82 valence electrons. The minimum atomic E-state index is -0.0204. The topological polar surface area (TPSA) is 38.3 Å². The smallest absolute Gasteiger partial charge is 0.217 e. The second-order valence-corrected chi connectivity index (χ2v) is 3.54. The van der Waals surface area contributed by atoms with Crippen LogP contribution in [-0.2, 0) is 16.0 Å². The first-order valence-electron chi connectivity index (χ1n) is 5.02. The van der Waals surface area contributed by atoms with E-state index in [1.807, 2.05) is 30.3 Å². The molecule has 3 heteroatoms. The van der Waals surface area contributed by atoms with Crippen LogP contribution in [0.1, 0.15) is 12.5 Å². The molecule has 15 heavy (non-hydrogen) atoms. The molecule has 1 aromatic rings. The summed E-state index contributed by atoms with van der Waals surface area (Å²) >= 11 is 0. The minimum absolute atomic E-state index is 0.0204. The molecule has 1 amide bonds. The quantitative estimate of drug-likeness (QED) is 0.792. The maximum Gasteiger partial charge on any atom is 0.217 e. The van der Waals surface area contributed by atoms with Crippen molar-refractivity contribution < 1.29 is 9.53 Å². The molecule has 3 nitrogen and oxygen atoms in total. The van der Waals surface area contributed by atoms with E-state index in [4.69, 9.17) is 4.74 Å². The predicted molar refractivity (Wildman–Crippen MR) is 59.6 cm³/mol. The number of hydrogen-bond donors (Lipinski definition) is 1. The Morgan fingerprint density at radius 1 is 1.40 bits per heavy atom. The highest BCUT2D eigenvalue weighted by Gasteiger charge is 2.09. The fourth-order valence-electron chi connectivity index (χ4n) is 1.54. The van der Waals surface area contributed by atoms with Crippen LogP contribution in [0.15, 0.2) is 30.3 Å². The van der Waals surface area contributed by atoms with E-state index >= 15 is 0 Å². The first-order valence-corrected chi connectivity index (χ1v) is 5.02. The summed E-state index contributed by atoms with van der Waals surface area (Å²) in [6.07, 6.45) is 0.800. The Hall–Kier alpha value is -1.35. The molecule has 0 radical (unpaired) electrons. The lowest BCUT2D eigenvalue weighted by Gasteiger charge is -2.16. The maximum absolute atomic E-state index is 11.0. The summed E-state index contributed by atoms with van der Waals surface area (Å²) in [4.78, 5) is 11.0. The van der Waals surface area contributed by atoms with E-state index in [9.17, 15) is 4.79 Å². The molecular formula is C12H17NO2. The van der Waals surface area contributed by atoms with Gasteiger partial charge in [0.25, 0.3) is 0 Å². The van der Waals surface area contributed by atoms with Gasteiger partial charge in [-0.25, -0.2) is 0 Å². The summed E-state index contributed by atoms with van der Waals surface area (Å²) in [6.45, 7) is 2.06. The molecule has 0 heterocycles. The van der Waals surface area contributed by atoms with Crippen LogP contribution in [0, 0.1) is 0 Å². The van der Waals surface area contributed by atoms with Crippen LogP contribution in [0.5, 0.6) is 0 Å². The van der Waals surface area contributed by atoms with E-state index in [1.165, 1.54) is 12.5 Å². The fourth-order valence-corrected chi connectivity index (χ4v) is 1.54. The highest BCUT2D eigenvalue weighted by Crippen LogP contribution is 2.03. The highest BCUT2D eigenvalue weighted by atomic mass is 16.5. The molecule has 0 bridgehead atoms. The van der Waals surface area contributed by atoms with Crippen LogP contribution in [0.3, 0.4) is 0 Å². The molecule has 1 rings (SSSR count). The number of benzene rings is 1. The number of amides is 1. The number of ether oxygens (including phenoxy) is 1. The van der Waals surface area contributed by atoms with Crippen molar-refractivity contribution in [1.82, 2.24) is 5.32 Å². The van der Waals surface area contributed by atoms with Crippen LogP contribution in [0.2, 0.25) is 0 Å². The molecule has 0 unspecified atom stereocenters. The average molecular weight is 207 g/mol. The molecule has 0 aliphatic carbocycles. The Bertz CT molecular complexity index is 298. The van der Waals surface area contributed by atoms with Crippen LogP contribution >= 0.6 is 0 Å². The molecule has 1 N–H and O–H groups in total. The predicted octanol–water partition coefficient (Wildman–Crippen LogP) is 1.38. The van der Waals surface area contributed by atoms with Crippen molar-refractivity contribution in [1.29, 1.82) is 0 Å². The van der Waals surface area contributed by atoms with E-state index in [-0.39, 0.29) is 11.9 Å². The fraction of sp³-hybridized carbons (Fsp3) is 0.417. The maximum atomic E-state index is 11.0. The third-order valence-electron chi connectivity index (χ3n) is 2.10. The van der Waals surface area contributed by atoms with Gasteiger partial charge >= 0.3 is 0 Å². The van der Waals surface area contributed by atoms with Crippen LogP contribution in [0.25, 0.3) is 0 Å². The zero-order valence-electron chi connectivity index (χ0n) is 9.19. The van der Waals surface area contributed by atoms with Crippen LogP contribution in [0.4, 0.5) is 0 Å². The van der Waals surface area contributed by atoms with Gasteiger partial charge in [-0.05, 0) is 12.0 Å². The summed E-state index contributed by atoms with van der Waals surface area (Å²) in [7, 11) is 1.64. The van der Waals surface area contributed by atoms with Gasteiger partial charge in [0, 0.05) is 14.0 Å². The molecule has 0 aliphatic rings. The third kappa shape index (κ3) is 4.61. The highest BCUT2D eigenvalue weighted by molar-refractivity contribution is 5.73. The van der Waals surface area contributed by atoms with Crippen molar-refractivity contribution in [2.24, 2.45) is 0 Å². The van der Waals surface area contributed by atoms with Gasteiger partial charge < -0.3 is 10.1 Å². The van der Waals surface area contributed by atoms with E-state index in [2.05, 4.69) is 5.32 Å². The van der Waals surface area contributed by atoms with Crippen molar-refractivity contribution in [2.45, 2.75) is 19.4 Å². The Kier molecular flexibility index (Phi) is 4.84. The van der Waals surface area contributed by atoms with Gasteiger partial charge in [-0.2, -0.15) is 0 Å². The number of hydrogen-bond acceptors (Lipinski definition) is 2. The van der Waals surface area contributed by atoms with Gasteiger partial charge in [0.15, 0.2) is 0 Å². The summed E-state index contributed by atoms with van der Waals surface area (Å²) in [6, 6.07) is 10.1. The number of rotatable bonds is 5. The number of carbonyl (C=O) groups excluding carboxylic acids is 1. The Balaban J connectivity index is 2.54. The Morgan fingerprint density at radius 2 is 2.07 bits per heavy atom. The van der Waals surface area contributed by atoms with E-state index < -0.39 is 0 Å². The molecule has 0 saturated heterocycles. The van der Waals surface area contributed by atoms with Crippen molar-refractivity contribution in [3.05, 3.63) is 35.9 Å². The average Bonchev–Trinajstić information content (AvgIpc) is 2.18. The summed E-state index contributed by atoms with van der Waals surface area (Å²) in [5.41, 5.74) is 1.20. The second-order valence-electron chi connectivity index (χ2n) is 3.54. The normalized spacial score (nSPS) is 12.1. The molecule has 1 atom stereocenters. The van der Waals surface area contributed by atoms with E-state index in [1.54, 1.807) is 7.11 Å². The lowest BCUT2D eigenvalue weighted by Crippen LogP contribution is -2.38. The second kappa shape index (κ2) is 6.19. The lowest BCUT2D eigenvalue weighted by molar-refractivity contribution is -0.120. The third-order valence-corrected chi connectivity index (χ3v) is 2.10. The van der Waals surface area contributed by atoms with E-state index in [0.717, 1.165) is 6.42 Å². The van der Waals surface area contributed by atoms with Crippen LogP contribution < -0.4 is 5.32 Å². The number of carbonyl (C=O) groups is 1. The molecular weight excluding hydrogens is 190 g/mol. The van der Waals surface area contributed by atoms with Gasteiger partial charge in [-0.3, -0.25) is 4.79 Å². The van der Waals surface area contributed by atoms with Gasteiger partial charge in [-0.1, -0.05) is 30.3 Å². The Morgan fingerprint density at radius 3 is 2.60 bits per heavy atom. The van der Waals surface area contributed by atoms with Crippen molar-refractivity contribution >= 4 is 5.91 Å². The summed E-state index contributed by atoms with van der Waals surface area (Å²) in [5.74, 6) is -0.0204. The summed E-state index contributed by atoms with van der Waals surface area (Å²) < 4.78 is 5.06. The SMILES string of the molecule is COC[C@H](Cc1ccccc1)NC(C)=O. The molecule has 1 aromatic carbocycles. The largest absolute Gasteiger partial charge is 0.383 e. The van der Waals surface area contributed by atoms with Crippen molar-refractivity contribution in [3.8, 4) is 0 Å². The minimum Gasteiger partial charge on any atom is -0.383 e. The number of methoxy groups -OCH3 is 1. The monoisotopic (exact) mass is 207 g/mol. The number of nitrogens with one attached hydrogen (secondary N) is 1. The first kappa shape index (κ1) is 11.7. The molecule has 0 aliphatic heterocycles. The van der Waals surface area contributed by atoms with Gasteiger partial charge in [0.2, 0.25) is 5.91 Å². The van der Waals surface area contributed by atoms with Crippen molar-refractivity contribution in [2.75, 3.05) is 13.7 Å². The Labute approximate surface area is 90.4 Å². The van der Waals surface area contributed by atoms with Crippen LogP contribution in [-0.4, -0.2) is 25.7 Å². The lowest BCUT2D eigenvalue weighted by atomic mass is 10.1. The van der Waals surface area contributed by atoms with E-state index in [0.29, 0.717) is 6.61 Å². The molecule has 0 fully saturated rings. The zero-order valence-corrected chi connectivity index (χ0v) is 9.19. The van der Waals surface area contributed by atoms with Gasteiger partial charge in [-0.15, -0.1) is 0 Å². The molecule has 0 saturated carbocycles. The van der Waals surface area contributed by atoms with Gasteiger partial charge in [0.05, 0.1) is 12.6 Å². The first-order chi connectivity index (χ1) is 7.22.